The van der Waals surface area contributed by atoms with E-state index in [1.165, 1.54) is 23.6 Å². The monoisotopic (exact) mass is 301 g/mol. The molecule has 0 amide bonds. The van der Waals surface area contributed by atoms with Crippen molar-refractivity contribution in [3.8, 4) is 0 Å². The van der Waals surface area contributed by atoms with Crippen molar-refractivity contribution in [3.63, 3.8) is 0 Å². The summed E-state index contributed by atoms with van der Waals surface area (Å²) in [5, 5.41) is 3.72. The Kier molecular flexibility index (Phi) is 4.82. The van der Waals surface area contributed by atoms with Crippen molar-refractivity contribution in [2.24, 2.45) is 0 Å². The minimum atomic E-state index is -3.51. The third-order valence-electron chi connectivity index (χ3n) is 3.82. The van der Waals surface area contributed by atoms with Gasteiger partial charge in [0.25, 0.3) is 0 Å². The molecule has 114 valence electrons. The van der Waals surface area contributed by atoms with Gasteiger partial charge in [-0.15, -0.1) is 0 Å². The molecule has 0 unspecified atom stereocenters. The Bertz CT molecular complexity index is 528. The molecule has 1 aromatic rings. The molecule has 6 nitrogen and oxygen atoms in total. The molecule has 0 saturated carbocycles. The van der Waals surface area contributed by atoms with E-state index in [9.17, 15) is 8.42 Å². The lowest BCUT2D eigenvalue weighted by Crippen LogP contribution is -2.38. The maximum Gasteiger partial charge on any atom is 0.248 e. The molecule has 1 saturated heterocycles. The van der Waals surface area contributed by atoms with E-state index in [1.807, 2.05) is 0 Å². The predicted molar refractivity (Wildman–Crippen MR) is 76.1 cm³/mol. The number of sulfonamides is 1. The van der Waals surface area contributed by atoms with Gasteiger partial charge in [-0.1, -0.05) is 11.6 Å². The maximum absolute atomic E-state index is 12.5. The van der Waals surface area contributed by atoms with Crippen LogP contribution in [-0.4, -0.2) is 56.0 Å². The van der Waals surface area contributed by atoms with Crippen molar-refractivity contribution in [2.75, 3.05) is 33.2 Å². The van der Waals surface area contributed by atoms with E-state index < -0.39 is 10.0 Å². The molecule has 0 spiro atoms. The van der Waals surface area contributed by atoms with Crippen LogP contribution in [0.25, 0.3) is 0 Å². The Hall–Kier alpha value is -0.920. The van der Waals surface area contributed by atoms with Crippen LogP contribution in [0.2, 0.25) is 0 Å². The number of nitrogens with zero attached hydrogens (tertiary/aromatic N) is 3. The standard InChI is InChI=1S/C13H23N3O3S/c1-11-13(12(2)19-14-11)20(17,18)15(3)9-10-16-7-5-4-6-8-16/h4-10H2,1-3H3. The van der Waals surface area contributed by atoms with Gasteiger partial charge in [0.2, 0.25) is 10.0 Å². The molecule has 20 heavy (non-hydrogen) atoms. The van der Waals surface area contributed by atoms with Crippen LogP contribution in [0.5, 0.6) is 0 Å². The molecule has 0 aromatic carbocycles. The van der Waals surface area contributed by atoms with Crippen LogP contribution >= 0.6 is 0 Å². The van der Waals surface area contributed by atoms with Gasteiger partial charge in [-0.2, -0.15) is 4.31 Å². The highest BCUT2D eigenvalue weighted by Gasteiger charge is 2.28. The average molecular weight is 301 g/mol. The number of likely N-dealkylation sites (tertiary alicyclic amines) is 1. The van der Waals surface area contributed by atoms with Gasteiger partial charge < -0.3 is 9.42 Å². The van der Waals surface area contributed by atoms with Crippen LogP contribution < -0.4 is 0 Å². The van der Waals surface area contributed by atoms with Crippen molar-refractivity contribution >= 4 is 10.0 Å². The minimum Gasteiger partial charge on any atom is -0.360 e. The van der Waals surface area contributed by atoms with Gasteiger partial charge in [-0.05, 0) is 39.8 Å². The molecule has 1 aromatic heterocycles. The lowest BCUT2D eigenvalue weighted by atomic mass is 10.1. The molecule has 0 N–H and O–H groups in total. The highest BCUT2D eigenvalue weighted by molar-refractivity contribution is 7.89. The number of hydrogen-bond acceptors (Lipinski definition) is 5. The average Bonchev–Trinajstić information content (AvgIpc) is 2.77. The number of aromatic nitrogens is 1. The second-order valence-electron chi connectivity index (χ2n) is 5.38. The Morgan fingerprint density at radius 1 is 1.25 bits per heavy atom. The molecule has 1 fully saturated rings. The quantitative estimate of drug-likeness (QED) is 0.822. The lowest BCUT2D eigenvalue weighted by molar-refractivity contribution is 0.218. The van der Waals surface area contributed by atoms with Crippen molar-refractivity contribution in [1.82, 2.24) is 14.4 Å². The molecule has 2 rings (SSSR count). The van der Waals surface area contributed by atoms with Crippen LogP contribution in [-0.2, 0) is 10.0 Å². The molecular weight excluding hydrogens is 278 g/mol. The zero-order valence-electron chi connectivity index (χ0n) is 12.4. The molecule has 7 heteroatoms. The first-order chi connectivity index (χ1) is 9.43. The fourth-order valence-electron chi connectivity index (χ4n) is 2.58. The minimum absolute atomic E-state index is 0.207. The first-order valence-corrected chi connectivity index (χ1v) is 8.48. The van der Waals surface area contributed by atoms with Crippen LogP contribution in [0, 0.1) is 13.8 Å². The zero-order valence-corrected chi connectivity index (χ0v) is 13.2. The topological polar surface area (TPSA) is 66.7 Å². The Morgan fingerprint density at radius 3 is 2.45 bits per heavy atom. The van der Waals surface area contributed by atoms with Crippen LogP contribution in [0.4, 0.5) is 0 Å². The third kappa shape index (κ3) is 3.21. The fraction of sp³-hybridized carbons (Fsp3) is 0.769. The summed E-state index contributed by atoms with van der Waals surface area (Å²) < 4.78 is 31.4. The predicted octanol–water partition coefficient (Wildman–Crippen LogP) is 1.40. The molecule has 1 aliphatic heterocycles. The summed E-state index contributed by atoms with van der Waals surface area (Å²) >= 11 is 0. The molecule has 0 radical (unpaired) electrons. The van der Waals surface area contributed by atoms with Gasteiger partial charge in [0.1, 0.15) is 10.6 Å². The van der Waals surface area contributed by atoms with Crippen molar-refractivity contribution in [1.29, 1.82) is 0 Å². The largest absolute Gasteiger partial charge is 0.360 e. The molecule has 2 heterocycles. The van der Waals surface area contributed by atoms with Crippen LogP contribution in [0.1, 0.15) is 30.7 Å². The van der Waals surface area contributed by atoms with Gasteiger partial charge in [0.15, 0.2) is 5.76 Å². The maximum atomic E-state index is 12.5. The van der Waals surface area contributed by atoms with E-state index in [0.717, 1.165) is 19.6 Å². The Morgan fingerprint density at radius 2 is 1.90 bits per heavy atom. The molecular formula is C13H23N3O3S. The summed E-state index contributed by atoms with van der Waals surface area (Å²) in [6.07, 6.45) is 3.70. The van der Waals surface area contributed by atoms with Crippen molar-refractivity contribution < 1.29 is 12.9 Å². The van der Waals surface area contributed by atoms with E-state index in [2.05, 4.69) is 10.1 Å². The zero-order chi connectivity index (χ0) is 14.8. The van der Waals surface area contributed by atoms with E-state index in [4.69, 9.17) is 4.52 Å². The van der Waals surface area contributed by atoms with Gasteiger partial charge in [0, 0.05) is 20.1 Å². The number of aryl methyl sites for hydroxylation is 2. The van der Waals surface area contributed by atoms with Crippen LogP contribution in [0.15, 0.2) is 9.42 Å². The summed E-state index contributed by atoms with van der Waals surface area (Å²) in [5.41, 5.74) is 0.423. The van der Waals surface area contributed by atoms with Gasteiger partial charge >= 0.3 is 0 Å². The lowest BCUT2D eigenvalue weighted by Gasteiger charge is -2.28. The molecule has 0 bridgehead atoms. The van der Waals surface area contributed by atoms with Crippen molar-refractivity contribution in [2.45, 2.75) is 38.0 Å². The first-order valence-electron chi connectivity index (χ1n) is 7.04. The van der Waals surface area contributed by atoms with Crippen molar-refractivity contribution in [3.05, 3.63) is 11.5 Å². The second-order valence-corrected chi connectivity index (χ2v) is 7.36. The highest BCUT2D eigenvalue weighted by Crippen LogP contribution is 2.22. The van der Waals surface area contributed by atoms with Gasteiger partial charge in [0.05, 0.1) is 0 Å². The molecule has 1 aliphatic rings. The van der Waals surface area contributed by atoms with E-state index in [0.29, 0.717) is 18.0 Å². The Balaban J connectivity index is 2.02. The van der Waals surface area contributed by atoms with Gasteiger partial charge in [-0.25, -0.2) is 8.42 Å². The smallest absolute Gasteiger partial charge is 0.248 e. The number of likely N-dealkylation sites (N-methyl/N-ethyl adjacent to an activating group) is 1. The summed E-state index contributed by atoms with van der Waals surface area (Å²) in [6, 6.07) is 0. The molecule has 0 atom stereocenters. The van der Waals surface area contributed by atoms with Gasteiger partial charge in [-0.3, -0.25) is 0 Å². The SMILES string of the molecule is Cc1noc(C)c1S(=O)(=O)N(C)CCN1CCCCC1. The molecule has 0 aliphatic carbocycles. The normalized spacial score (nSPS) is 17.8. The summed E-state index contributed by atoms with van der Waals surface area (Å²) in [7, 11) is -1.89. The van der Waals surface area contributed by atoms with Crippen LogP contribution in [0.3, 0.4) is 0 Å². The number of rotatable bonds is 5. The summed E-state index contributed by atoms with van der Waals surface area (Å²) in [4.78, 5) is 2.53. The highest BCUT2D eigenvalue weighted by atomic mass is 32.2. The number of hydrogen-bond donors (Lipinski definition) is 0. The first kappa shape index (κ1) is 15.5. The number of piperidine rings is 1. The fourth-order valence-corrected chi connectivity index (χ4v) is 4.03. The van der Waals surface area contributed by atoms with E-state index in [-0.39, 0.29) is 4.90 Å². The van der Waals surface area contributed by atoms with E-state index >= 15 is 0 Å². The van der Waals surface area contributed by atoms with E-state index in [1.54, 1.807) is 20.9 Å². The Labute approximate surface area is 120 Å². The second kappa shape index (κ2) is 6.24. The summed E-state index contributed by atoms with van der Waals surface area (Å²) in [6.45, 7) is 6.69. The third-order valence-corrected chi connectivity index (χ3v) is 5.92. The summed E-state index contributed by atoms with van der Waals surface area (Å²) in [5.74, 6) is 0.354.